The van der Waals surface area contributed by atoms with Gasteiger partial charge in [-0.05, 0) is 32.7 Å². The lowest BCUT2D eigenvalue weighted by atomic mass is 9.79. The minimum Gasteiger partial charge on any atom is -0.387 e. The summed E-state index contributed by atoms with van der Waals surface area (Å²) in [6.45, 7) is 0. The van der Waals surface area contributed by atoms with E-state index < -0.39 is 42.9 Å². The van der Waals surface area contributed by atoms with Crippen LogP contribution in [0.1, 0.15) is 23.3 Å². The Labute approximate surface area is 171 Å². The molecule has 4 atom stereocenters. The maximum absolute atomic E-state index is 13.2. The van der Waals surface area contributed by atoms with Gasteiger partial charge in [0, 0.05) is 0 Å². The standard InChI is InChI=1S/C21H16F6O4/c22-20(23,24)19(21(25,26)27)31-18-14-12(15(28)16(29)17(18)30)8-7-10-6-5-9-3-1-2-4-11(9)13(10)14/h1-8,15-19,28-30H/t15-,16+,17+,18-/m1/s1. The summed E-state index contributed by atoms with van der Waals surface area (Å²) in [5, 5.41) is 32.7. The zero-order valence-corrected chi connectivity index (χ0v) is 15.5. The molecule has 0 bridgehead atoms. The molecule has 3 aromatic carbocycles. The molecular formula is C21H16F6O4. The van der Waals surface area contributed by atoms with Crippen LogP contribution in [-0.2, 0) is 4.74 Å². The average Bonchev–Trinajstić information content (AvgIpc) is 2.69. The van der Waals surface area contributed by atoms with E-state index in [4.69, 9.17) is 0 Å². The molecule has 0 radical (unpaired) electrons. The molecule has 4 rings (SSSR count). The molecule has 3 N–H and O–H groups in total. The summed E-state index contributed by atoms with van der Waals surface area (Å²) in [6, 6.07) is 12.8. The quantitative estimate of drug-likeness (QED) is 0.405. The van der Waals surface area contributed by atoms with E-state index in [2.05, 4.69) is 4.74 Å². The normalized spacial score (nSPS) is 24.7. The number of alkyl halides is 6. The third kappa shape index (κ3) is 3.63. The van der Waals surface area contributed by atoms with Gasteiger partial charge in [0.15, 0.2) is 0 Å². The highest BCUT2D eigenvalue weighted by atomic mass is 19.4. The van der Waals surface area contributed by atoms with Crippen molar-refractivity contribution >= 4 is 21.5 Å². The Kier molecular flexibility index (Phi) is 5.16. The summed E-state index contributed by atoms with van der Waals surface area (Å²) >= 11 is 0. The number of hydrogen-bond acceptors (Lipinski definition) is 4. The van der Waals surface area contributed by atoms with Crippen LogP contribution in [0.5, 0.6) is 0 Å². The SMILES string of the molecule is O[C@@H]1[C@H](O)[C@H](OC(C(F)(F)F)C(F)(F)F)c2c(ccc3ccc4ccccc4c23)[C@H]1O. The highest BCUT2D eigenvalue weighted by molar-refractivity contribution is 6.09. The molecule has 0 unspecified atom stereocenters. The Morgan fingerprint density at radius 3 is 1.97 bits per heavy atom. The number of rotatable bonds is 2. The number of aliphatic hydroxyl groups is 3. The summed E-state index contributed by atoms with van der Waals surface area (Å²) in [5.41, 5.74) is -0.340. The number of benzene rings is 3. The van der Waals surface area contributed by atoms with E-state index in [9.17, 15) is 41.7 Å². The predicted molar refractivity (Wildman–Crippen MR) is 98.2 cm³/mol. The molecule has 31 heavy (non-hydrogen) atoms. The van der Waals surface area contributed by atoms with Crippen molar-refractivity contribution in [3.8, 4) is 0 Å². The number of fused-ring (bicyclic) bond motifs is 5. The summed E-state index contributed by atoms with van der Waals surface area (Å²) in [6.07, 6.45) is -24.0. The van der Waals surface area contributed by atoms with Crippen LogP contribution < -0.4 is 0 Å². The van der Waals surface area contributed by atoms with Gasteiger partial charge in [0.05, 0.1) is 0 Å². The van der Waals surface area contributed by atoms with Crippen molar-refractivity contribution in [1.82, 2.24) is 0 Å². The van der Waals surface area contributed by atoms with Gasteiger partial charge in [-0.25, -0.2) is 0 Å². The molecule has 0 saturated carbocycles. The van der Waals surface area contributed by atoms with Gasteiger partial charge in [-0.15, -0.1) is 0 Å². The minimum absolute atomic E-state index is 0.116. The third-order valence-electron chi connectivity index (χ3n) is 5.45. The van der Waals surface area contributed by atoms with Gasteiger partial charge in [0.2, 0.25) is 6.10 Å². The second kappa shape index (κ2) is 7.33. The van der Waals surface area contributed by atoms with Gasteiger partial charge in [-0.2, -0.15) is 26.3 Å². The average molecular weight is 446 g/mol. The van der Waals surface area contributed by atoms with E-state index in [-0.39, 0.29) is 16.5 Å². The van der Waals surface area contributed by atoms with Crippen LogP contribution in [0.3, 0.4) is 0 Å². The van der Waals surface area contributed by atoms with Gasteiger partial charge in [-0.1, -0.05) is 48.5 Å². The molecule has 0 fully saturated rings. The summed E-state index contributed by atoms with van der Waals surface area (Å²) in [7, 11) is 0. The van der Waals surface area contributed by atoms with Crippen LogP contribution in [0.2, 0.25) is 0 Å². The van der Waals surface area contributed by atoms with Crippen molar-refractivity contribution in [2.45, 2.75) is 42.9 Å². The third-order valence-corrected chi connectivity index (χ3v) is 5.45. The van der Waals surface area contributed by atoms with Crippen molar-refractivity contribution in [3.05, 3.63) is 59.7 Å². The molecule has 0 aliphatic heterocycles. The van der Waals surface area contributed by atoms with Crippen molar-refractivity contribution in [2.24, 2.45) is 0 Å². The molecule has 1 aliphatic carbocycles. The molecule has 0 spiro atoms. The molecule has 0 aromatic heterocycles. The van der Waals surface area contributed by atoms with Crippen LogP contribution >= 0.6 is 0 Å². The van der Waals surface area contributed by atoms with Gasteiger partial charge in [-0.3, -0.25) is 0 Å². The first kappa shape index (κ1) is 21.8. The van der Waals surface area contributed by atoms with E-state index in [0.717, 1.165) is 0 Å². The maximum Gasteiger partial charge on any atom is 0.423 e. The molecule has 10 heteroatoms. The van der Waals surface area contributed by atoms with Crippen LogP contribution in [0.25, 0.3) is 21.5 Å². The molecule has 0 saturated heterocycles. The summed E-state index contributed by atoms with van der Waals surface area (Å²) in [5.74, 6) is 0. The van der Waals surface area contributed by atoms with Crippen molar-refractivity contribution in [1.29, 1.82) is 0 Å². The van der Waals surface area contributed by atoms with Crippen molar-refractivity contribution in [2.75, 3.05) is 0 Å². The first-order chi connectivity index (χ1) is 14.4. The fraction of sp³-hybridized carbons (Fsp3) is 0.333. The number of ether oxygens (including phenoxy) is 1. The fourth-order valence-electron chi connectivity index (χ4n) is 4.06. The number of halogens is 6. The van der Waals surface area contributed by atoms with Crippen LogP contribution in [0, 0.1) is 0 Å². The monoisotopic (exact) mass is 446 g/mol. The Hall–Kier alpha value is -2.40. The predicted octanol–water partition coefficient (Wildman–Crippen LogP) is 4.31. The first-order valence-electron chi connectivity index (χ1n) is 9.18. The molecule has 4 nitrogen and oxygen atoms in total. The van der Waals surface area contributed by atoms with E-state index >= 15 is 0 Å². The van der Waals surface area contributed by atoms with Gasteiger partial charge >= 0.3 is 12.4 Å². The second-order valence-electron chi connectivity index (χ2n) is 7.40. The number of hydrogen-bond donors (Lipinski definition) is 3. The van der Waals surface area contributed by atoms with E-state index in [1.165, 1.54) is 12.1 Å². The molecular weight excluding hydrogens is 430 g/mol. The van der Waals surface area contributed by atoms with Gasteiger partial charge in [0.1, 0.15) is 24.4 Å². The Morgan fingerprint density at radius 1 is 0.742 bits per heavy atom. The van der Waals surface area contributed by atoms with Crippen molar-refractivity contribution in [3.63, 3.8) is 0 Å². The summed E-state index contributed by atoms with van der Waals surface area (Å²) < 4.78 is 83.5. The first-order valence-corrected chi connectivity index (χ1v) is 9.18. The Morgan fingerprint density at radius 2 is 1.32 bits per heavy atom. The smallest absolute Gasteiger partial charge is 0.387 e. The van der Waals surface area contributed by atoms with E-state index in [0.29, 0.717) is 16.2 Å². The zero-order chi connectivity index (χ0) is 22.7. The zero-order valence-electron chi connectivity index (χ0n) is 15.5. The Balaban J connectivity index is 2.01. The van der Waals surface area contributed by atoms with Crippen LogP contribution in [-0.4, -0.2) is 46.0 Å². The van der Waals surface area contributed by atoms with Gasteiger partial charge < -0.3 is 20.1 Å². The van der Waals surface area contributed by atoms with Crippen molar-refractivity contribution < 1.29 is 46.4 Å². The molecule has 3 aromatic rings. The molecule has 166 valence electrons. The number of aliphatic hydroxyl groups excluding tert-OH is 3. The fourth-order valence-corrected chi connectivity index (χ4v) is 4.06. The second-order valence-corrected chi connectivity index (χ2v) is 7.40. The Bertz CT molecular complexity index is 1110. The lowest BCUT2D eigenvalue weighted by molar-refractivity contribution is -0.340. The highest BCUT2D eigenvalue weighted by Crippen LogP contribution is 2.47. The van der Waals surface area contributed by atoms with Crippen LogP contribution in [0.4, 0.5) is 26.3 Å². The highest BCUT2D eigenvalue weighted by Gasteiger charge is 2.60. The minimum atomic E-state index is -5.81. The van der Waals surface area contributed by atoms with Gasteiger partial charge in [0.25, 0.3) is 0 Å². The maximum atomic E-state index is 13.2. The summed E-state index contributed by atoms with van der Waals surface area (Å²) in [4.78, 5) is 0. The molecule has 0 heterocycles. The largest absolute Gasteiger partial charge is 0.423 e. The lowest BCUT2D eigenvalue weighted by Crippen LogP contribution is -2.50. The topological polar surface area (TPSA) is 69.9 Å². The molecule has 1 aliphatic rings. The van der Waals surface area contributed by atoms with Crippen LogP contribution in [0.15, 0.2) is 48.5 Å². The van der Waals surface area contributed by atoms with E-state index in [1.54, 1.807) is 36.4 Å². The molecule has 0 amide bonds. The lowest BCUT2D eigenvalue weighted by Gasteiger charge is -2.40. The van der Waals surface area contributed by atoms with E-state index in [1.807, 2.05) is 0 Å².